The summed E-state index contributed by atoms with van der Waals surface area (Å²) in [6.45, 7) is 3.07. The van der Waals surface area contributed by atoms with E-state index in [0.717, 1.165) is 23.8 Å². The number of aryl methyl sites for hydroxylation is 1. The molecule has 2 aromatic rings. The second-order valence-electron chi connectivity index (χ2n) is 4.48. The van der Waals surface area contributed by atoms with Gasteiger partial charge in [0.05, 0.1) is 18.7 Å². The maximum Gasteiger partial charge on any atom is 0.306 e. The lowest BCUT2D eigenvalue weighted by atomic mass is 10.2. The van der Waals surface area contributed by atoms with E-state index >= 15 is 0 Å². The lowest BCUT2D eigenvalue weighted by Gasteiger charge is -2.02. The smallest absolute Gasteiger partial charge is 0.306 e. The van der Waals surface area contributed by atoms with Crippen LogP contribution in [0.25, 0.3) is 0 Å². The lowest BCUT2D eigenvalue weighted by Crippen LogP contribution is -2.06. The van der Waals surface area contributed by atoms with Crippen molar-refractivity contribution in [2.24, 2.45) is 0 Å². The number of carbonyl (C=O) groups is 1. The topological polar surface area (TPSA) is 64.1 Å². The van der Waals surface area contributed by atoms with Crippen molar-refractivity contribution in [1.82, 2.24) is 9.97 Å². The van der Waals surface area contributed by atoms with Gasteiger partial charge in [-0.25, -0.2) is 4.98 Å². The summed E-state index contributed by atoms with van der Waals surface area (Å²) in [7, 11) is 0. The Labute approximate surface area is 128 Å². The van der Waals surface area contributed by atoms with Crippen LogP contribution in [0.5, 0.6) is 0 Å². The van der Waals surface area contributed by atoms with Crippen LogP contribution in [0.3, 0.4) is 0 Å². The molecule has 2 rings (SSSR count). The van der Waals surface area contributed by atoms with Gasteiger partial charge in [0, 0.05) is 30.7 Å². The van der Waals surface area contributed by atoms with E-state index in [9.17, 15) is 4.79 Å². The van der Waals surface area contributed by atoms with Crippen molar-refractivity contribution in [3.63, 3.8) is 0 Å². The predicted molar refractivity (Wildman–Crippen MR) is 83.5 cm³/mol. The minimum atomic E-state index is -0.169. The first-order valence-corrected chi connectivity index (χ1v) is 7.88. The Morgan fingerprint density at radius 2 is 2.14 bits per heavy atom. The summed E-state index contributed by atoms with van der Waals surface area (Å²) in [5, 5.41) is 6.17. The molecule has 0 aliphatic rings. The zero-order valence-corrected chi connectivity index (χ0v) is 12.9. The molecule has 0 amide bonds. The Hall–Kier alpha value is -1.95. The summed E-state index contributed by atoms with van der Waals surface area (Å²) >= 11 is 1.56. The maximum atomic E-state index is 11.3. The van der Waals surface area contributed by atoms with E-state index in [4.69, 9.17) is 4.74 Å². The molecular weight excluding hydrogens is 286 g/mol. The Kier molecular flexibility index (Phi) is 6.15. The van der Waals surface area contributed by atoms with E-state index < -0.39 is 0 Å². The average Bonchev–Trinajstić information content (AvgIpc) is 2.95. The third-order valence-corrected chi connectivity index (χ3v) is 3.73. The molecule has 0 aliphatic carbocycles. The molecule has 0 saturated carbocycles. The number of aromatic nitrogens is 2. The third kappa shape index (κ3) is 5.51. The number of thiazole rings is 1. The number of nitrogens with one attached hydrogen (secondary N) is 1. The van der Waals surface area contributed by atoms with Crippen molar-refractivity contribution in [3.8, 4) is 0 Å². The molecule has 6 heteroatoms. The largest absolute Gasteiger partial charge is 0.466 e. The van der Waals surface area contributed by atoms with E-state index in [1.807, 2.05) is 24.4 Å². The van der Waals surface area contributed by atoms with Gasteiger partial charge in [0.2, 0.25) is 0 Å². The Balaban J connectivity index is 1.71. The van der Waals surface area contributed by atoms with Crippen LogP contribution >= 0.6 is 11.3 Å². The van der Waals surface area contributed by atoms with Crippen LogP contribution in [0.2, 0.25) is 0 Å². The van der Waals surface area contributed by atoms with Crippen LogP contribution in [-0.2, 0) is 22.4 Å². The molecule has 0 fully saturated rings. The van der Waals surface area contributed by atoms with Crippen molar-refractivity contribution in [3.05, 3.63) is 41.2 Å². The normalized spacial score (nSPS) is 10.3. The number of esters is 1. The van der Waals surface area contributed by atoms with Gasteiger partial charge >= 0.3 is 5.97 Å². The van der Waals surface area contributed by atoms with Crippen molar-refractivity contribution in [1.29, 1.82) is 0 Å². The summed E-state index contributed by atoms with van der Waals surface area (Å²) in [6, 6.07) is 4.02. The highest BCUT2D eigenvalue weighted by Gasteiger charge is 2.06. The van der Waals surface area contributed by atoms with Crippen molar-refractivity contribution < 1.29 is 9.53 Å². The first-order chi connectivity index (χ1) is 10.3. The van der Waals surface area contributed by atoms with Crippen molar-refractivity contribution in [2.75, 3.05) is 18.5 Å². The third-order valence-electron chi connectivity index (χ3n) is 2.88. The number of hydrogen-bond acceptors (Lipinski definition) is 6. The van der Waals surface area contributed by atoms with E-state index in [1.54, 1.807) is 23.7 Å². The van der Waals surface area contributed by atoms with Crippen LogP contribution in [0.1, 0.15) is 24.6 Å². The molecule has 2 aromatic heterocycles. The van der Waals surface area contributed by atoms with Gasteiger partial charge in [-0.1, -0.05) is 0 Å². The zero-order chi connectivity index (χ0) is 14.9. The van der Waals surface area contributed by atoms with Crippen LogP contribution in [0.15, 0.2) is 29.9 Å². The number of nitrogens with zero attached hydrogens (tertiary/aromatic N) is 2. The molecule has 0 aromatic carbocycles. The fourth-order valence-corrected chi connectivity index (χ4v) is 2.60. The quantitative estimate of drug-likeness (QED) is 0.760. The van der Waals surface area contributed by atoms with E-state index in [-0.39, 0.29) is 5.97 Å². The van der Waals surface area contributed by atoms with Gasteiger partial charge in [0.1, 0.15) is 0 Å². The van der Waals surface area contributed by atoms with Crippen molar-refractivity contribution >= 4 is 22.4 Å². The fraction of sp³-hybridized carbons (Fsp3) is 0.400. The van der Waals surface area contributed by atoms with Gasteiger partial charge in [-0.15, -0.1) is 11.3 Å². The van der Waals surface area contributed by atoms with Crippen LogP contribution in [0.4, 0.5) is 5.13 Å². The fourth-order valence-electron chi connectivity index (χ4n) is 1.83. The molecule has 0 saturated heterocycles. The first-order valence-electron chi connectivity index (χ1n) is 7.00. The highest BCUT2D eigenvalue weighted by atomic mass is 32.1. The van der Waals surface area contributed by atoms with Crippen molar-refractivity contribution in [2.45, 2.75) is 26.2 Å². The van der Waals surface area contributed by atoms with Gasteiger partial charge in [-0.3, -0.25) is 9.78 Å². The first kappa shape index (κ1) is 15.4. The summed E-state index contributed by atoms with van der Waals surface area (Å²) in [5.74, 6) is -0.169. The minimum absolute atomic E-state index is 0.169. The van der Waals surface area contributed by atoms with Crippen LogP contribution in [-0.4, -0.2) is 29.1 Å². The number of carbonyl (C=O) groups excluding carboxylic acids is 1. The molecule has 1 N–H and O–H groups in total. The Morgan fingerprint density at radius 3 is 2.90 bits per heavy atom. The number of ether oxygens (including phenoxy) is 1. The number of pyridine rings is 1. The number of rotatable bonds is 8. The Morgan fingerprint density at radius 1 is 1.33 bits per heavy atom. The van der Waals surface area contributed by atoms with Crippen LogP contribution in [0, 0.1) is 0 Å². The highest BCUT2D eigenvalue weighted by Crippen LogP contribution is 2.16. The molecule has 112 valence electrons. The second-order valence-corrected chi connectivity index (χ2v) is 5.34. The Bertz CT molecular complexity index is 557. The number of anilines is 1. The average molecular weight is 305 g/mol. The molecule has 0 atom stereocenters. The summed E-state index contributed by atoms with van der Waals surface area (Å²) in [5.41, 5.74) is 2.18. The standard InChI is InChI=1S/C15H19N3O2S/c1-2-20-14(19)4-3-13-11-21-15(18-13)17-10-7-12-5-8-16-9-6-12/h5-6,8-9,11H,2-4,7,10H2,1H3,(H,17,18). The van der Waals surface area contributed by atoms with E-state index in [1.165, 1.54) is 5.56 Å². The molecule has 0 radical (unpaired) electrons. The summed E-state index contributed by atoms with van der Waals surface area (Å²) in [6.07, 6.45) is 5.54. The molecule has 0 unspecified atom stereocenters. The van der Waals surface area contributed by atoms with Gasteiger partial charge < -0.3 is 10.1 Å². The maximum absolute atomic E-state index is 11.3. The molecule has 5 nitrogen and oxygen atoms in total. The van der Waals surface area contributed by atoms with E-state index in [0.29, 0.717) is 19.4 Å². The van der Waals surface area contributed by atoms with Gasteiger partial charge in [0.15, 0.2) is 5.13 Å². The lowest BCUT2D eigenvalue weighted by molar-refractivity contribution is -0.143. The summed E-state index contributed by atoms with van der Waals surface area (Å²) in [4.78, 5) is 19.7. The molecular formula is C15H19N3O2S. The number of hydrogen-bond donors (Lipinski definition) is 1. The molecule has 21 heavy (non-hydrogen) atoms. The molecule has 0 spiro atoms. The molecule has 2 heterocycles. The SMILES string of the molecule is CCOC(=O)CCc1csc(NCCc2ccncc2)n1. The van der Waals surface area contributed by atoms with Gasteiger partial charge in [0.25, 0.3) is 0 Å². The second kappa shape index (κ2) is 8.36. The van der Waals surface area contributed by atoms with Crippen LogP contribution < -0.4 is 5.32 Å². The van der Waals surface area contributed by atoms with Gasteiger partial charge in [-0.05, 0) is 31.0 Å². The molecule has 0 bridgehead atoms. The van der Waals surface area contributed by atoms with E-state index in [2.05, 4.69) is 15.3 Å². The summed E-state index contributed by atoms with van der Waals surface area (Å²) < 4.78 is 4.90. The molecule has 0 aliphatic heterocycles. The monoisotopic (exact) mass is 305 g/mol. The minimum Gasteiger partial charge on any atom is -0.466 e. The predicted octanol–water partition coefficient (Wildman–Crippen LogP) is 2.69. The van der Waals surface area contributed by atoms with Gasteiger partial charge in [-0.2, -0.15) is 0 Å². The highest BCUT2D eigenvalue weighted by molar-refractivity contribution is 7.13. The zero-order valence-electron chi connectivity index (χ0n) is 12.0.